The zero-order valence-electron chi connectivity index (χ0n) is 9.12. The van der Waals surface area contributed by atoms with Crippen molar-refractivity contribution >= 4 is 5.69 Å². The first-order valence-electron chi connectivity index (χ1n) is 5.05. The molecule has 1 atom stereocenters. The fraction of sp³-hybridized carbons (Fsp3) is 0.417. The highest BCUT2D eigenvalue weighted by Gasteiger charge is 2.05. The number of nitrogens with zero attached hydrogens (tertiary/aromatic N) is 1. The summed E-state index contributed by atoms with van der Waals surface area (Å²) < 4.78 is 0. The van der Waals surface area contributed by atoms with Gasteiger partial charge in [-0.3, -0.25) is 0 Å². The highest BCUT2D eigenvalue weighted by molar-refractivity contribution is 5.58. The van der Waals surface area contributed by atoms with Crippen molar-refractivity contribution in [3.63, 3.8) is 0 Å². The molecule has 0 amide bonds. The zero-order chi connectivity index (χ0) is 11.3. The highest BCUT2D eigenvalue weighted by atomic mass is 16.3. The lowest BCUT2D eigenvalue weighted by Crippen LogP contribution is -2.17. The lowest BCUT2D eigenvalue weighted by molar-refractivity contribution is 0.282. The number of nitrogens with one attached hydrogen (secondary N) is 1. The van der Waals surface area contributed by atoms with Crippen LogP contribution >= 0.6 is 0 Å². The van der Waals surface area contributed by atoms with Crippen molar-refractivity contribution in [3.8, 4) is 6.07 Å². The van der Waals surface area contributed by atoms with Gasteiger partial charge in [0, 0.05) is 12.6 Å². The predicted octanol–water partition coefficient (Wildman–Crippen LogP) is 2.05. The Kier molecular flexibility index (Phi) is 4.14. The molecule has 0 aliphatic heterocycles. The van der Waals surface area contributed by atoms with Gasteiger partial charge in [-0.1, -0.05) is 6.07 Å². The smallest absolute Gasteiger partial charge is 0.101 e. The molecule has 1 rings (SSSR count). The van der Waals surface area contributed by atoms with Gasteiger partial charge in [-0.05, 0) is 38.0 Å². The number of hydrogen-bond donors (Lipinski definition) is 2. The minimum absolute atomic E-state index is 0.155. The molecule has 0 fully saturated rings. The number of aliphatic hydroxyl groups excluding tert-OH is 1. The molecule has 0 saturated heterocycles. The van der Waals surface area contributed by atoms with E-state index in [-0.39, 0.29) is 12.6 Å². The molecule has 0 heterocycles. The van der Waals surface area contributed by atoms with E-state index < -0.39 is 0 Å². The third-order valence-electron chi connectivity index (χ3n) is 2.26. The molecular formula is C12H16N2O. The summed E-state index contributed by atoms with van der Waals surface area (Å²) in [6.07, 6.45) is 0.679. The maximum absolute atomic E-state index is 8.95. The molecule has 3 nitrogen and oxygen atoms in total. The number of anilines is 1. The Bertz CT molecular complexity index is 368. The van der Waals surface area contributed by atoms with Crippen LogP contribution in [0.1, 0.15) is 24.5 Å². The summed E-state index contributed by atoms with van der Waals surface area (Å²) in [5, 5.41) is 20.9. The Morgan fingerprint density at radius 2 is 2.27 bits per heavy atom. The maximum Gasteiger partial charge on any atom is 0.101 e. The molecule has 2 N–H and O–H groups in total. The molecule has 0 aliphatic rings. The summed E-state index contributed by atoms with van der Waals surface area (Å²) in [6.45, 7) is 4.10. The van der Waals surface area contributed by atoms with Crippen LogP contribution in [-0.4, -0.2) is 17.8 Å². The normalized spacial score (nSPS) is 11.9. The summed E-state index contributed by atoms with van der Waals surface area (Å²) in [6, 6.07) is 8.06. The summed E-state index contributed by atoms with van der Waals surface area (Å²) >= 11 is 0. The monoisotopic (exact) mass is 204 g/mol. The van der Waals surface area contributed by atoms with Crippen LogP contribution in [0.4, 0.5) is 5.69 Å². The molecule has 0 aliphatic carbocycles. The van der Waals surface area contributed by atoms with Crippen molar-refractivity contribution in [2.75, 3.05) is 11.9 Å². The van der Waals surface area contributed by atoms with E-state index in [1.54, 1.807) is 0 Å². The molecule has 3 heteroatoms. The van der Waals surface area contributed by atoms with E-state index in [1.165, 1.54) is 0 Å². The van der Waals surface area contributed by atoms with Crippen LogP contribution in [0.3, 0.4) is 0 Å². The largest absolute Gasteiger partial charge is 0.396 e. The van der Waals surface area contributed by atoms with Gasteiger partial charge in [0.15, 0.2) is 0 Å². The Hall–Kier alpha value is -1.53. The molecule has 1 unspecified atom stereocenters. The summed E-state index contributed by atoms with van der Waals surface area (Å²) in [5.74, 6) is 0. The summed E-state index contributed by atoms with van der Waals surface area (Å²) in [5.41, 5.74) is 2.57. The van der Waals surface area contributed by atoms with Crippen molar-refractivity contribution in [1.29, 1.82) is 5.26 Å². The van der Waals surface area contributed by atoms with Crippen LogP contribution in [0.5, 0.6) is 0 Å². The molecule has 1 aromatic carbocycles. The van der Waals surface area contributed by atoms with Crippen molar-refractivity contribution in [2.45, 2.75) is 26.3 Å². The van der Waals surface area contributed by atoms with Gasteiger partial charge in [-0.15, -0.1) is 0 Å². The SMILES string of the molecule is Cc1ccc(NC(C)CCO)c(C#N)c1. The van der Waals surface area contributed by atoms with Crippen LogP contribution < -0.4 is 5.32 Å². The fourth-order valence-corrected chi connectivity index (χ4v) is 1.41. The van der Waals surface area contributed by atoms with Crippen LogP contribution in [0.2, 0.25) is 0 Å². The zero-order valence-corrected chi connectivity index (χ0v) is 9.12. The predicted molar refractivity (Wildman–Crippen MR) is 60.7 cm³/mol. The Morgan fingerprint density at radius 1 is 1.53 bits per heavy atom. The van der Waals surface area contributed by atoms with Crippen molar-refractivity contribution in [2.24, 2.45) is 0 Å². The van der Waals surface area contributed by atoms with E-state index in [9.17, 15) is 0 Å². The van der Waals surface area contributed by atoms with Gasteiger partial charge in [-0.25, -0.2) is 0 Å². The van der Waals surface area contributed by atoms with Crippen LogP contribution in [-0.2, 0) is 0 Å². The van der Waals surface area contributed by atoms with E-state index >= 15 is 0 Å². The maximum atomic E-state index is 8.95. The molecule has 0 aromatic heterocycles. The topological polar surface area (TPSA) is 56.0 Å². The van der Waals surface area contributed by atoms with Crippen molar-refractivity contribution in [3.05, 3.63) is 29.3 Å². The van der Waals surface area contributed by atoms with Gasteiger partial charge in [0.05, 0.1) is 11.3 Å². The van der Waals surface area contributed by atoms with Gasteiger partial charge in [0.2, 0.25) is 0 Å². The Balaban J connectivity index is 2.81. The fourth-order valence-electron chi connectivity index (χ4n) is 1.41. The quantitative estimate of drug-likeness (QED) is 0.789. The number of nitriles is 1. The third-order valence-corrected chi connectivity index (χ3v) is 2.26. The lowest BCUT2D eigenvalue weighted by Gasteiger charge is -2.15. The Morgan fingerprint density at radius 3 is 2.87 bits per heavy atom. The number of aliphatic hydroxyl groups is 1. The van der Waals surface area contributed by atoms with Gasteiger partial charge in [-0.2, -0.15) is 5.26 Å². The van der Waals surface area contributed by atoms with Gasteiger partial charge in [0.25, 0.3) is 0 Å². The van der Waals surface area contributed by atoms with Crippen LogP contribution in [0.25, 0.3) is 0 Å². The molecule has 0 saturated carbocycles. The number of benzene rings is 1. The second-order valence-corrected chi connectivity index (χ2v) is 3.72. The number of aryl methyl sites for hydroxylation is 1. The molecule has 0 bridgehead atoms. The number of rotatable bonds is 4. The standard InChI is InChI=1S/C12H16N2O/c1-9-3-4-12(11(7-9)8-13)14-10(2)5-6-15/h3-4,7,10,14-15H,5-6H2,1-2H3. The lowest BCUT2D eigenvalue weighted by atomic mass is 10.1. The molecule has 80 valence electrons. The summed E-state index contributed by atoms with van der Waals surface area (Å²) in [4.78, 5) is 0. The Labute approximate surface area is 90.4 Å². The first-order chi connectivity index (χ1) is 7.17. The molecule has 0 radical (unpaired) electrons. The highest BCUT2D eigenvalue weighted by Crippen LogP contribution is 2.17. The average molecular weight is 204 g/mol. The van der Waals surface area contributed by atoms with Gasteiger partial charge < -0.3 is 10.4 Å². The molecular weight excluding hydrogens is 188 g/mol. The van der Waals surface area contributed by atoms with E-state index in [0.29, 0.717) is 12.0 Å². The molecule has 15 heavy (non-hydrogen) atoms. The second kappa shape index (κ2) is 5.38. The van der Waals surface area contributed by atoms with Crippen molar-refractivity contribution in [1.82, 2.24) is 0 Å². The van der Waals surface area contributed by atoms with Gasteiger partial charge in [0.1, 0.15) is 6.07 Å². The first-order valence-corrected chi connectivity index (χ1v) is 5.05. The average Bonchev–Trinajstić information content (AvgIpc) is 2.21. The second-order valence-electron chi connectivity index (χ2n) is 3.72. The van der Waals surface area contributed by atoms with Gasteiger partial charge >= 0.3 is 0 Å². The van der Waals surface area contributed by atoms with Crippen LogP contribution in [0, 0.1) is 18.3 Å². The first kappa shape index (κ1) is 11.5. The van der Waals surface area contributed by atoms with E-state index in [0.717, 1.165) is 11.3 Å². The molecule has 1 aromatic rings. The van der Waals surface area contributed by atoms with E-state index in [2.05, 4.69) is 11.4 Å². The minimum atomic E-state index is 0.155. The number of hydrogen-bond acceptors (Lipinski definition) is 3. The van der Waals surface area contributed by atoms with Crippen LogP contribution in [0.15, 0.2) is 18.2 Å². The molecule has 0 spiro atoms. The minimum Gasteiger partial charge on any atom is -0.396 e. The van der Waals surface area contributed by atoms with Crippen molar-refractivity contribution < 1.29 is 5.11 Å². The summed E-state index contributed by atoms with van der Waals surface area (Å²) in [7, 11) is 0. The third kappa shape index (κ3) is 3.26. The van der Waals surface area contributed by atoms with E-state index in [1.807, 2.05) is 32.0 Å². The van der Waals surface area contributed by atoms with E-state index in [4.69, 9.17) is 10.4 Å².